The van der Waals surface area contributed by atoms with Crippen LogP contribution in [0.4, 0.5) is 10.1 Å². The van der Waals surface area contributed by atoms with Gasteiger partial charge in [0.25, 0.3) is 0 Å². The van der Waals surface area contributed by atoms with Crippen molar-refractivity contribution in [3.8, 4) is 23.1 Å². The molecule has 0 aliphatic rings. The van der Waals surface area contributed by atoms with Crippen molar-refractivity contribution in [1.82, 2.24) is 9.78 Å². The maximum Gasteiger partial charge on any atom is 0.226 e. The second kappa shape index (κ2) is 10.2. The molecule has 0 saturated heterocycles. The van der Waals surface area contributed by atoms with E-state index in [4.69, 9.17) is 14.6 Å². The Bertz CT molecular complexity index is 1260. The van der Waals surface area contributed by atoms with Crippen molar-refractivity contribution < 1.29 is 18.7 Å². The lowest BCUT2D eigenvalue weighted by Gasteiger charge is -2.12. The van der Waals surface area contributed by atoms with Crippen molar-refractivity contribution in [3.05, 3.63) is 95.4 Å². The average molecular weight is 460 g/mol. The van der Waals surface area contributed by atoms with Crippen LogP contribution in [-0.2, 0) is 11.2 Å². The predicted molar refractivity (Wildman–Crippen MR) is 129 cm³/mol. The summed E-state index contributed by atoms with van der Waals surface area (Å²) in [5.74, 6) is 1.45. The maximum absolute atomic E-state index is 13.1. The van der Waals surface area contributed by atoms with Gasteiger partial charge < -0.3 is 14.8 Å². The third kappa shape index (κ3) is 5.43. The van der Waals surface area contributed by atoms with E-state index in [-0.39, 0.29) is 18.1 Å². The van der Waals surface area contributed by atoms with Crippen molar-refractivity contribution in [2.45, 2.75) is 26.7 Å². The van der Waals surface area contributed by atoms with Crippen molar-refractivity contribution in [3.63, 3.8) is 0 Å². The normalized spacial score (nSPS) is 10.7. The Hall–Kier alpha value is -4.13. The molecule has 1 amide bonds. The first kappa shape index (κ1) is 23.0. The zero-order chi connectivity index (χ0) is 24.1. The number of nitrogens with zero attached hydrogens (tertiary/aromatic N) is 2. The predicted octanol–water partition coefficient (Wildman–Crippen LogP) is 6.00. The molecule has 0 spiro atoms. The van der Waals surface area contributed by atoms with Gasteiger partial charge in [-0.2, -0.15) is 5.10 Å². The standard InChI is InChI=1S/C27H26FN3O3/c1-18-4-12-24(13-5-18)34-27-25(16-17-26(32)29-21-8-6-20(28)7-9-21)19(2)30-31(27)22-10-14-23(33-3)15-11-22/h4-15H,16-17H2,1-3H3,(H,29,32). The highest BCUT2D eigenvalue weighted by atomic mass is 19.1. The second-order valence-corrected chi connectivity index (χ2v) is 7.95. The fourth-order valence-electron chi connectivity index (χ4n) is 3.54. The number of anilines is 1. The molecule has 0 atom stereocenters. The summed E-state index contributed by atoms with van der Waals surface area (Å²) in [6, 6.07) is 21.0. The molecule has 1 N–H and O–H groups in total. The van der Waals surface area contributed by atoms with Crippen LogP contribution < -0.4 is 14.8 Å². The van der Waals surface area contributed by atoms with Crippen molar-refractivity contribution in [1.29, 1.82) is 0 Å². The molecule has 0 radical (unpaired) electrons. The summed E-state index contributed by atoms with van der Waals surface area (Å²) in [5.41, 5.74) is 4.10. The van der Waals surface area contributed by atoms with Crippen LogP contribution in [0.5, 0.6) is 17.4 Å². The van der Waals surface area contributed by atoms with Gasteiger partial charge in [-0.3, -0.25) is 4.79 Å². The largest absolute Gasteiger partial charge is 0.497 e. The number of ether oxygens (including phenoxy) is 2. The molecule has 0 unspecified atom stereocenters. The van der Waals surface area contributed by atoms with Crippen LogP contribution in [0.2, 0.25) is 0 Å². The number of amides is 1. The van der Waals surface area contributed by atoms with Crippen molar-refractivity contribution in [2.75, 3.05) is 12.4 Å². The first-order chi connectivity index (χ1) is 16.4. The fraction of sp³-hybridized carbons (Fsp3) is 0.185. The molecule has 7 heteroatoms. The number of hydrogen-bond donors (Lipinski definition) is 1. The maximum atomic E-state index is 13.1. The molecule has 0 bridgehead atoms. The number of aromatic nitrogens is 2. The van der Waals surface area contributed by atoms with Gasteiger partial charge in [0.2, 0.25) is 11.8 Å². The lowest BCUT2D eigenvalue weighted by atomic mass is 10.1. The molecule has 0 aliphatic heterocycles. The topological polar surface area (TPSA) is 65.4 Å². The van der Waals surface area contributed by atoms with Crippen LogP contribution in [0.1, 0.15) is 23.2 Å². The van der Waals surface area contributed by atoms with Crippen LogP contribution in [0.3, 0.4) is 0 Å². The number of carbonyl (C=O) groups is 1. The molecule has 34 heavy (non-hydrogen) atoms. The molecule has 0 saturated carbocycles. The minimum atomic E-state index is -0.350. The SMILES string of the molecule is COc1ccc(-n2nc(C)c(CCC(=O)Nc3ccc(F)cc3)c2Oc2ccc(C)cc2)cc1. The van der Waals surface area contributed by atoms with Gasteiger partial charge in [-0.25, -0.2) is 9.07 Å². The number of benzene rings is 3. The van der Waals surface area contributed by atoms with E-state index in [1.165, 1.54) is 24.3 Å². The Balaban J connectivity index is 1.60. The molecular formula is C27H26FN3O3. The first-order valence-corrected chi connectivity index (χ1v) is 11.0. The molecule has 174 valence electrons. The van der Waals surface area contributed by atoms with Crippen LogP contribution in [0.25, 0.3) is 5.69 Å². The van der Waals surface area contributed by atoms with Gasteiger partial charge in [-0.15, -0.1) is 0 Å². The molecule has 4 rings (SSSR count). The van der Waals surface area contributed by atoms with Gasteiger partial charge in [0.1, 0.15) is 17.3 Å². The van der Waals surface area contributed by atoms with E-state index in [0.29, 0.717) is 23.7 Å². The van der Waals surface area contributed by atoms with Crippen LogP contribution in [0, 0.1) is 19.7 Å². The number of nitrogens with one attached hydrogen (secondary N) is 1. The molecule has 4 aromatic rings. The Morgan fingerprint density at radius 1 is 0.941 bits per heavy atom. The third-order valence-electron chi connectivity index (χ3n) is 5.42. The Morgan fingerprint density at radius 3 is 2.24 bits per heavy atom. The van der Waals surface area contributed by atoms with Crippen LogP contribution >= 0.6 is 0 Å². The molecule has 6 nitrogen and oxygen atoms in total. The summed E-state index contributed by atoms with van der Waals surface area (Å²) >= 11 is 0. The van der Waals surface area contributed by atoms with Gasteiger partial charge in [0, 0.05) is 17.7 Å². The Morgan fingerprint density at radius 2 is 1.59 bits per heavy atom. The number of methoxy groups -OCH3 is 1. The first-order valence-electron chi connectivity index (χ1n) is 11.0. The molecule has 1 aromatic heterocycles. The van der Waals surface area contributed by atoms with E-state index in [1.54, 1.807) is 11.8 Å². The summed E-state index contributed by atoms with van der Waals surface area (Å²) < 4.78 is 26.4. The highest BCUT2D eigenvalue weighted by Gasteiger charge is 2.20. The van der Waals surface area contributed by atoms with Gasteiger partial charge in [0.15, 0.2) is 0 Å². The summed E-state index contributed by atoms with van der Waals surface area (Å²) in [5, 5.41) is 7.50. The van der Waals surface area contributed by atoms with E-state index in [0.717, 1.165) is 28.3 Å². The number of aryl methyl sites for hydroxylation is 2. The number of hydrogen-bond acceptors (Lipinski definition) is 4. The Labute approximate surface area is 198 Å². The molecular weight excluding hydrogens is 433 g/mol. The second-order valence-electron chi connectivity index (χ2n) is 7.95. The minimum absolute atomic E-state index is 0.176. The lowest BCUT2D eigenvalue weighted by molar-refractivity contribution is -0.116. The zero-order valence-electron chi connectivity index (χ0n) is 19.3. The number of rotatable bonds is 8. The number of halogens is 1. The fourth-order valence-corrected chi connectivity index (χ4v) is 3.54. The van der Waals surface area contributed by atoms with Crippen molar-refractivity contribution in [2.24, 2.45) is 0 Å². The van der Waals surface area contributed by atoms with E-state index < -0.39 is 0 Å². The minimum Gasteiger partial charge on any atom is -0.497 e. The van der Waals surface area contributed by atoms with Gasteiger partial charge in [-0.1, -0.05) is 17.7 Å². The van der Waals surface area contributed by atoms with E-state index >= 15 is 0 Å². The molecule has 0 fully saturated rings. The smallest absolute Gasteiger partial charge is 0.226 e. The summed E-state index contributed by atoms with van der Waals surface area (Å²) in [4.78, 5) is 12.5. The van der Waals surface area contributed by atoms with E-state index in [1.807, 2.05) is 62.4 Å². The highest BCUT2D eigenvalue weighted by molar-refractivity contribution is 5.90. The van der Waals surface area contributed by atoms with Crippen LogP contribution in [0.15, 0.2) is 72.8 Å². The van der Waals surface area contributed by atoms with Gasteiger partial charge in [0.05, 0.1) is 18.5 Å². The van der Waals surface area contributed by atoms with Gasteiger partial charge >= 0.3 is 0 Å². The number of carbonyl (C=O) groups excluding carboxylic acids is 1. The van der Waals surface area contributed by atoms with E-state index in [2.05, 4.69) is 5.32 Å². The quantitative estimate of drug-likeness (QED) is 0.351. The summed E-state index contributed by atoms with van der Waals surface area (Å²) in [6.45, 7) is 3.91. The molecule has 0 aliphatic carbocycles. The monoisotopic (exact) mass is 459 g/mol. The Kier molecular flexibility index (Phi) is 6.92. The summed E-state index contributed by atoms with van der Waals surface area (Å²) in [6.07, 6.45) is 0.646. The van der Waals surface area contributed by atoms with Gasteiger partial charge in [-0.05, 0) is 80.9 Å². The lowest BCUT2D eigenvalue weighted by Crippen LogP contribution is -2.12. The van der Waals surface area contributed by atoms with E-state index in [9.17, 15) is 9.18 Å². The zero-order valence-corrected chi connectivity index (χ0v) is 19.3. The van der Waals surface area contributed by atoms with Crippen molar-refractivity contribution >= 4 is 11.6 Å². The third-order valence-corrected chi connectivity index (χ3v) is 5.42. The molecule has 1 heterocycles. The summed E-state index contributed by atoms with van der Waals surface area (Å²) in [7, 11) is 1.62. The van der Waals surface area contributed by atoms with Crippen LogP contribution in [-0.4, -0.2) is 22.8 Å². The molecule has 3 aromatic carbocycles. The average Bonchev–Trinajstić information content (AvgIpc) is 3.15. The highest BCUT2D eigenvalue weighted by Crippen LogP contribution is 2.32.